The molecule has 3 N–H and O–H groups in total. The smallest absolute Gasteiger partial charge is 0.340 e. The van der Waals surface area contributed by atoms with Gasteiger partial charge < -0.3 is 20.5 Å². The van der Waals surface area contributed by atoms with Crippen LogP contribution in [0, 0.1) is 5.82 Å². The van der Waals surface area contributed by atoms with E-state index in [0.29, 0.717) is 13.1 Å². The molecular formula is C13H15FN2O4. The first-order chi connectivity index (χ1) is 9.41. The summed E-state index contributed by atoms with van der Waals surface area (Å²) >= 11 is 0. The molecule has 1 amide bonds. The Morgan fingerprint density at radius 2 is 2.20 bits per heavy atom. The van der Waals surface area contributed by atoms with Gasteiger partial charge in [0.05, 0.1) is 11.3 Å². The molecule has 20 heavy (non-hydrogen) atoms. The zero-order valence-electron chi connectivity index (χ0n) is 10.9. The van der Waals surface area contributed by atoms with Crippen LogP contribution in [0.4, 0.5) is 10.1 Å². The number of nitrogens with one attached hydrogen (secondary N) is 2. The van der Waals surface area contributed by atoms with Gasteiger partial charge >= 0.3 is 5.97 Å². The van der Waals surface area contributed by atoms with E-state index >= 15 is 0 Å². The number of benzene rings is 1. The van der Waals surface area contributed by atoms with Crippen molar-refractivity contribution in [3.05, 3.63) is 29.6 Å². The van der Waals surface area contributed by atoms with Crippen LogP contribution in [0.25, 0.3) is 0 Å². The van der Waals surface area contributed by atoms with Crippen LogP contribution in [0.1, 0.15) is 17.3 Å². The Kier molecular flexibility index (Phi) is 4.01. The lowest BCUT2D eigenvalue weighted by Crippen LogP contribution is -2.59. The first-order valence-electron chi connectivity index (χ1n) is 6.08. The van der Waals surface area contributed by atoms with Gasteiger partial charge in [-0.3, -0.25) is 4.79 Å². The number of aromatic carboxylic acids is 1. The van der Waals surface area contributed by atoms with Crippen molar-refractivity contribution >= 4 is 17.6 Å². The predicted octanol–water partition coefficient (Wildman–Crippen LogP) is 0.841. The van der Waals surface area contributed by atoms with Crippen molar-refractivity contribution in [2.45, 2.75) is 12.5 Å². The average Bonchev–Trinajstić information content (AvgIpc) is 2.33. The zero-order valence-corrected chi connectivity index (χ0v) is 10.9. The van der Waals surface area contributed by atoms with Crippen molar-refractivity contribution < 1.29 is 23.8 Å². The molecule has 0 aromatic heterocycles. The maximum Gasteiger partial charge on any atom is 0.340 e. The lowest BCUT2D eigenvalue weighted by Gasteiger charge is -2.38. The molecule has 0 aliphatic carbocycles. The number of carbonyl (C=O) groups is 2. The zero-order chi connectivity index (χ0) is 14.8. The highest BCUT2D eigenvalue weighted by molar-refractivity contribution is 6.01. The third-order valence-electron chi connectivity index (χ3n) is 3.05. The molecule has 1 aromatic carbocycles. The number of ether oxygens (including phenoxy) is 1. The van der Waals surface area contributed by atoms with Gasteiger partial charge in [0.2, 0.25) is 5.91 Å². The van der Waals surface area contributed by atoms with Gasteiger partial charge in [-0.1, -0.05) is 6.07 Å². The number of halogens is 1. The maximum absolute atomic E-state index is 13.4. The number of amides is 1. The van der Waals surface area contributed by atoms with E-state index in [9.17, 15) is 14.0 Å². The minimum absolute atomic E-state index is 0.0806. The average molecular weight is 282 g/mol. The predicted molar refractivity (Wildman–Crippen MR) is 69.2 cm³/mol. The van der Waals surface area contributed by atoms with Crippen molar-refractivity contribution in [3.63, 3.8) is 0 Å². The molecule has 6 nitrogen and oxygen atoms in total. The molecule has 2 rings (SSSR count). The Balaban J connectivity index is 2.00. The fraction of sp³-hybridized carbons (Fsp3) is 0.385. The summed E-state index contributed by atoms with van der Waals surface area (Å²) in [6.07, 6.45) is 0. The Morgan fingerprint density at radius 3 is 2.75 bits per heavy atom. The molecule has 1 fully saturated rings. The largest absolute Gasteiger partial charge is 0.478 e. The highest BCUT2D eigenvalue weighted by Crippen LogP contribution is 2.19. The Labute approximate surface area is 114 Å². The number of carboxylic acids is 1. The fourth-order valence-corrected chi connectivity index (χ4v) is 1.85. The van der Waals surface area contributed by atoms with Gasteiger partial charge in [0.15, 0.2) is 0 Å². The van der Waals surface area contributed by atoms with Gasteiger partial charge in [-0.2, -0.15) is 0 Å². The second-order valence-electron chi connectivity index (χ2n) is 4.86. The van der Waals surface area contributed by atoms with Crippen LogP contribution in [0.2, 0.25) is 0 Å². The second kappa shape index (κ2) is 5.56. The SMILES string of the molecule is CC1(OCC(=O)Nc2cccc(F)c2C(=O)O)CNC1. The summed E-state index contributed by atoms with van der Waals surface area (Å²) in [4.78, 5) is 22.7. The van der Waals surface area contributed by atoms with E-state index in [-0.39, 0.29) is 17.9 Å². The number of anilines is 1. The van der Waals surface area contributed by atoms with Crippen molar-refractivity contribution in [3.8, 4) is 0 Å². The third-order valence-corrected chi connectivity index (χ3v) is 3.05. The van der Waals surface area contributed by atoms with Crippen molar-refractivity contribution in [2.24, 2.45) is 0 Å². The summed E-state index contributed by atoms with van der Waals surface area (Å²) in [7, 11) is 0. The lowest BCUT2D eigenvalue weighted by molar-refractivity contribution is -0.130. The van der Waals surface area contributed by atoms with Crippen LogP contribution >= 0.6 is 0 Å². The number of carbonyl (C=O) groups excluding carboxylic acids is 1. The van der Waals surface area contributed by atoms with Crippen LogP contribution in [0.15, 0.2) is 18.2 Å². The van der Waals surface area contributed by atoms with Crippen LogP contribution in [0.3, 0.4) is 0 Å². The lowest BCUT2D eigenvalue weighted by atomic mass is 10.0. The van der Waals surface area contributed by atoms with Crippen LogP contribution < -0.4 is 10.6 Å². The monoisotopic (exact) mass is 282 g/mol. The number of hydrogen-bond donors (Lipinski definition) is 3. The Bertz CT molecular complexity index is 543. The summed E-state index contributed by atoms with van der Waals surface area (Å²) < 4.78 is 18.8. The van der Waals surface area contributed by atoms with Crippen molar-refractivity contribution in [2.75, 3.05) is 25.0 Å². The quantitative estimate of drug-likeness (QED) is 0.745. The Hall–Kier alpha value is -1.99. The van der Waals surface area contributed by atoms with E-state index in [2.05, 4.69) is 10.6 Å². The topological polar surface area (TPSA) is 87.7 Å². The van der Waals surface area contributed by atoms with E-state index in [0.717, 1.165) is 6.07 Å². The molecular weight excluding hydrogens is 267 g/mol. The summed E-state index contributed by atoms with van der Waals surface area (Å²) in [5.74, 6) is -2.85. The molecule has 1 aromatic rings. The van der Waals surface area contributed by atoms with E-state index in [4.69, 9.17) is 9.84 Å². The first kappa shape index (κ1) is 14.4. The molecule has 1 saturated heterocycles. The van der Waals surface area contributed by atoms with Gasteiger partial charge in [0, 0.05) is 13.1 Å². The standard InChI is InChI=1S/C13H15FN2O4/c1-13(6-15-7-13)20-5-10(17)16-9-4-2-3-8(14)11(9)12(18)19/h2-4,15H,5-7H2,1H3,(H,16,17)(H,18,19). The van der Waals surface area contributed by atoms with E-state index in [1.54, 1.807) is 0 Å². The molecule has 1 aliphatic heterocycles. The fourth-order valence-electron chi connectivity index (χ4n) is 1.85. The molecule has 7 heteroatoms. The molecule has 0 radical (unpaired) electrons. The molecule has 1 aliphatic rings. The normalized spacial score (nSPS) is 16.3. The Morgan fingerprint density at radius 1 is 1.50 bits per heavy atom. The highest BCUT2D eigenvalue weighted by Gasteiger charge is 2.33. The van der Waals surface area contributed by atoms with Gasteiger partial charge in [-0.25, -0.2) is 9.18 Å². The van der Waals surface area contributed by atoms with E-state index < -0.39 is 23.3 Å². The van der Waals surface area contributed by atoms with Crippen LogP contribution in [-0.4, -0.2) is 42.3 Å². The third kappa shape index (κ3) is 3.12. The maximum atomic E-state index is 13.4. The summed E-state index contributed by atoms with van der Waals surface area (Å²) in [5, 5.41) is 14.3. The molecule has 0 bridgehead atoms. The van der Waals surface area contributed by atoms with Crippen molar-refractivity contribution in [1.29, 1.82) is 0 Å². The highest BCUT2D eigenvalue weighted by atomic mass is 19.1. The number of hydrogen-bond acceptors (Lipinski definition) is 4. The minimum atomic E-state index is -1.44. The minimum Gasteiger partial charge on any atom is -0.478 e. The number of rotatable bonds is 5. The molecule has 0 saturated carbocycles. The van der Waals surface area contributed by atoms with Crippen molar-refractivity contribution in [1.82, 2.24) is 5.32 Å². The van der Waals surface area contributed by atoms with E-state index in [1.807, 2.05) is 6.92 Å². The first-order valence-corrected chi connectivity index (χ1v) is 6.08. The van der Waals surface area contributed by atoms with Crippen LogP contribution in [0.5, 0.6) is 0 Å². The second-order valence-corrected chi connectivity index (χ2v) is 4.86. The molecule has 0 spiro atoms. The summed E-state index contributed by atoms with van der Waals surface area (Å²) in [6, 6.07) is 3.68. The van der Waals surface area contributed by atoms with E-state index in [1.165, 1.54) is 12.1 Å². The molecule has 0 unspecified atom stereocenters. The molecule has 0 atom stereocenters. The number of carboxylic acid groups (broad SMARTS) is 1. The van der Waals surface area contributed by atoms with Gasteiger partial charge in [0.25, 0.3) is 0 Å². The molecule has 108 valence electrons. The molecule has 1 heterocycles. The van der Waals surface area contributed by atoms with Gasteiger partial charge in [0.1, 0.15) is 18.0 Å². The van der Waals surface area contributed by atoms with Gasteiger partial charge in [-0.05, 0) is 19.1 Å². The van der Waals surface area contributed by atoms with Crippen LogP contribution in [-0.2, 0) is 9.53 Å². The summed E-state index contributed by atoms with van der Waals surface area (Å²) in [5.41, 5.74) is -1.02. The summed E-state index contributed by atoms with van der Waals surface area (Å²) in [6.45, 7) is 2.95. The van der Waals surface area contributed by atoms with Gasteiger partial charge in [-0.15, -0.1) is 0 Å².